The van der Waals surface area contributed by atoms with E-state index >= 15 is 0 Å². The Morgan fingerprint density at radius 1 is 1.05 bits per heavy atom. The van der Waals surface area contributed by atoms with E-state index in [0.717, 1.165) is 0 Å². The average molecular weight is 255 g/mol. The smallest absolute Gasteiger partial charge is 0.0992 e. The van der Waals surface area contributed by atoms with Crippen LogP contribution in [0.1, 0.15) is 38.5 Å². The monoisotopic (exact) mass is 255 g/mol. The molecule has 1 N–H and O–H groups in total. The molecule has 0 unspecified atom stereocenters. The Balaban J connectivity index is 1.80. The molecular formula is C16H21N3. The molecule has 19 heavy (non-hydrogen) atoms. The maximum absolute atomic E-state index is 4.14. The molecule has 0 spiro atoms. The van der Waals surface area contributed by atoms with Crippen LogP contribution in [-0.2, 0) is 0 Å². The lowest BCUT2D eigenvalue weighted by Gasteiger charge is -2.20. The van der Waals surface area contributed by atoms with E-state index in [-0.39, 0.29) is 0 Å². The second kappa shape index (κ2) is 5.91. The van der Waals surface area contributed by atoms with Gasteiger partial charge in [0, 0.05) is 18.4 Å². The van der Waals surface area contributed by atoms with Gasteiger partial charge in [-0.1, -0.05) is 37.8 Å². The molecule has 1 aliphatic carbocycles. The molecule has 1 saturated carbocycles. The van der Waals surface area contributed by atoms with E-state index < -0.39 is 0 Å². The number of nitrogens with one attached hydrogen (secondary N) is 1. The third-order valence-electron chi connectivity index (χ3n) is 3.90. The number of hydrogen-bond donors (Lipinski definition) is 1. The molecule has 0 radical (unpaired) electrons. The summed E-state index contributed by atoms with van der Waals surface area (Å²) in [7, 11) is 0. The van der Waals surface area contributed by atoms with Crippen LogP contribution >= 0.6 is 0 Å². The number of aromatic nitrogens is 2. The highest BCUT2D eigenvalue weighted by Crippen LogP contribution is 2.25. The van der Waals surface area contributed by atoms with Crippen LogP contribution in [0.25, 0.3) is 5.69 Å². The molecule has 0 atom stereocenters. The average Bonchev–Trinajstić information content (AvgIpc) is 2.85. The van der Waals surface area contributed by atoms with Gasteiger partial charge in [-0.05, 0) is 25.0 Å². The third kappa shape index (κ3) is 2.98. The summed E-state index contributed by atoms with van der Waals surface area (Å²) in [5.74, 6) is 0. The Bertz CT molecular complexity index is 496. The van der Waals surface area contributed by atoms with Crippen molar-refractivity contribution in [2.24, 2.45) is 0 Å². The van der Waals surface area contributed by atoms with Gasteiger partial charge in [-0.3, -0.25) is 0 Å². The van der Waals surface area contributed by atoms with Crippen LogP contribution in [-0.4, -0.2) is 15.6 Å². The zero-order valence-electron chi connectivity index (χ0n) is 11.3. The largest absolute Gasteiger partial charge is 0.381 e. The zero-order valence-corrected chi connectivity index (χ0v) is 11.3. The zero-order chi connectivity index (χ0) is 12.9. The molecule has 0 bridgehead atoms. The first-order valence-electron chi connectivity index (χ1n) is 7.27. The van der Waals surface area contributed by atoms with Crippen LogP contribution in [0.3, 0.4) is 0 Å². The molecule has 100 valence electrons. The SMILES string of the molecule is c1ccc(-n2ccnc2)c(NC2CCCCCC2)c1. The van der Waals surface area contributed by atoms with Gasteiger partial charge in [-0.2, -0.15) is 0 Å². The van der Waals surface area contributed by atoms with Crippen molar-refractivity contribution in [1.29, 1.82) is 0 Å². The highest BCUT2D eigenvalue weighted by atomic mass is 15.1. The van der Waals surface area contributed by atoms with Gasteiger partial charge in [-0.25, -0.2) is 4.98 Å². The Hall–Kier alpha value is -1.77. The lowest BCUT2D eigenvalue weighted by Crippen LogP contribution is -2.19. The molecule has 1 fully saturated rings. The molecule has 0 saturated heterocycles. The highest BCUT2D eigenvalue weighted by molar-refractivity contribution is 5.61. The van der Waals surface area contributed by atoms with Gasteiger partial charge >= 0.3 is 0 Å². The van der Waals surface area contributed by atoms with Gasteiger partial charge in [0.15, 0.2) is 0 Å². The molecule has 2 aromatic rings. The van der Waals surface area contributed by atoms with E-state index in [9.17, 15) is 0 Å². The van der Waals surface area contributed by atoms with Crippen molar-refractivity contribution in [3.63, 3.8) is 0 Å². The number of benzene rings is 1. The molecule has 1 heterocycles. The molecule has 3 nitrogen and oxygen atoms in total. The third-order valence-corrected chi connectivity index (χ3v) is 3.90. The van der Waals surface area contributed by atoms with Gasteiger partial charge in [0.1, 0.15) is 0 Å². The highest BCUT2D eigenvalue weighted by Gasteiger charge is 2.13. The van der Waals surface area contributed by atoms with Crippen molar-refractivity contribution in [3.8, 4) is 5.69 Å². The first-order chi connectivity index (χ1) is 9.43. The second-order valence-electron chi connectivity index (χ2n) is 5.32. The number of nitrogens with zero attached hydrogens (tertiary/aromatic N) is 2. The number of imidazole rings is 1. The summed E-state index contributed by atoms with van der Waals surface area (Å²) in [5.41, 5.74) is 2.40. The van der Waals surface area contributed by atoms with Crippen LogP contribution in [0, 0.1) is 0 Å². The van der Waals surface area contributed by atoms with Crippen molar-refractivity contribution in [3.05, 3.63) is 43.0 Å². The minimum absolute atomic E-state index is 0.618. The number of para-hydroxylation sites is 2. The Labute approximate surface area is 114 Å². The Morgan fingerprint density at radius 3 is 2.58 bits per heavy atom. The molecular weight excluding hydrogens is 234 g/mol. The van der Waals surface area contributed by atoms with Crippen LogP contribution in [0.15, 0.2) is 43.0 Å². The van der Waals surface area contributed by atoms with Gasteiger partial charge in [0.25, 0.3) is 0 Å². The van der Waals surface area contributed by atoms with Crippen molar-refractivity contribution < 1.29 is 0 Å². The summed E-state index contributed by atoms with van der Waals surface area (Å²) in [6.45, 7) is 0. The minimum Gasteiger partial charge on any atom is -0.381 e. The van der Waals surface area contributed by atoms with Crippen LogP contribution in [0.5, 0.6) is 0 Å². The Morgan fingerprint density at radius 2 is 1.84 bits per heavy atom. The van der Waals surface area contributed by atoms with Crippen molar-refractivity contribution in [2.45, 2.75) is 44.6 Å². The maximum atomic E-state index is 4.14. The van der Waals surface area contributed by atoms with E-state index in [4.69, 9.17) is 0 Å². The van der Waals surface area contributed by atoms with Crippen molar-refractivity contribution in [2.75, 3.05) is 5.32 Å². The minimum atomic E-state index is 0.618. The number of rotatable bonds is 3. The fraction of sp³-hybridized carbons (Fsp3) is 0.438. The van der Waals surface area contributed by atoms with E-state index in [1.54, 1.807) is 0 Å². The first-order valence-corrected chi connectivity index (χ1v) is 7.27. The van der Waals surface area contributed by atoms with Gasteiger partial charge in [-0.15, -0.1) is 0 Å². The molecule has 3 rings (SSSR count). The van der Waals surface area contributed by atoms with E-state index in [1.165, 1.54) is 49.9 Å². The van der Waals surface area contributed by atoms with Gasteiger partial charge < -0.3 is 9.88 Å². The standard InChI is InChI=1S/C16H21N3/c1-2-4-8-14(7-3-1)18-15-9-5-6-10-16(15)19-12-11-17-13-19/h5-6,9-14,18H,1-4,7-8H2. The molecule has 3 heteroatoms. The summed E-state index contributed by atoms with van der Waals surface area (Å²) >= 11 is 0. The van der Waals surface area contributed by atoms with E-state index in [1.807, 2.05) is 18.7 Å². The maximum Gasteiger partial charge on any atom is 0.0992 e. The molecule has 1 aliphatic rings. The predicted molar refractivity (Wildman–Crippen MR) is 78.7 cm³/mol. The molecule has 1 aromatic carbocycles. The summed E-state index contributed by atoms with van der Waals surface area (Å²) in [4.78, 5) is 4.14. The van der Waals surface area contributed by atoms with Crippen molar-refractivity contribution in [1.82, 2.24) is 9.55 Å². The van der Waals surface area contributed by atoms with Gasteiger partial charge in [0.2, 0.25) is 0 Å². The quantitative estimate of drug-likeness (QED) is 0.840. The first kappa shape index (κ1) is 12.3. The molecule has 0 amide bonds. The van der Waals surface area contributed by atoms with Crippen LogP contribution in [0.2, 0.25) is 0 Å². The summed E-state index contributed by atoms with van der Waals surface area (Å²) in [5, 5.41) is 3.73. The van der Waals surface area contributed by atoms with Crippen LogP contribution < -0.4 is 5.32 Å². The summed E-state index contributed by atoms with van der Waals surface area (Å²) in [6, 6.07) is 9.10. The Kier molecular flexibility index (Phi) is 3.82. The van der Waals surface area contributed by atoms with Crippen LogP contribution in [0.4, 0.5) is 5.69 Å². The lowest BCUT2D eigenvalue weighted by molar-refractivity contribution is 0.619. The number of hydrogen-bond acceptors (Lipinski definition) is 2. The van der Waals surface area contributed by atoms with E-state index in [2.05, 4.69) is 39.1 Å². The summed E-state index contributed by atoms with van der Waals surface area (Å²) < 4.78 is 2.07. The normalized spacial score (nSPS) is 17.1. The molecule has 0 aliphatic heterocycles. The van der Waals surface area contributed by atoms with E-state index in [0.29, 0.717) is 6.04 Å². The lowest BCUT2D eigenvalue weighted by atomic mass is 10.1. The summed E-state index contributed by atoms with van der Waals surface area (Å²) in [6.07, 6.45) is 13.7. The second-order valence-corrected chi connectivity index (χ2v) is 5.32. The number of anilines is 1. The van der Waals surface area contributed by atoms with Crippen molar-refractivity contribution >= 4 is 5.69 Å². The predicted octanol–water partition coefficient (Wildman–Crippen LogP) is 4.01. The topological polar surface area (TPSA) is 29.9 Å². The molecule has 1 aromatic heterocycles. The van der Waals surface area contributed by atoms with Gasteiger partial charge in [0.05, 0.1) is 17.7 Å². The fourth-order valence-electron chi connectivity index (χ4n) is 2.87. The fourth-order valence-corrected chi connectivity index (χ4v) is 2.87.